The maximum atomic E-state index is 5.85. The average molecular weight is 306 g/mol. The zero-order valence-electron chi connectivity index (χ0n) is 12.9. The van der Waals surface area contributed by atoms with E-state index in [-0.39, 0.29) is 0 Å². The molecule has 0 bridgehead atoms. The minimum atomic E-state index is 0.617. The van der Waals surface area contributed by atoms with E-state index in [2.05, 4.69) is 20.3 Å². The third kappa shape index (κ3) is 4.34. The predicted octanol–water partition coefficient (Wildman–Crippen LogP) is 3.26. The molecule has 5 heteroatoms. The topological polar surface area (TPSA) is 59.9 Å². The normalized spacial score (nSPS) is 10.5. The van der Waals surface area contributed by atoms with Gasteiger partial charge in [-0.05, 0) is 25.1 Å². The van der Waals surface area contributed by atoms with Crippen molar-refractivity contribution >= 4 is 0 Å². The summed E-state index contributed by atoms with van der Waals surface area (Å²) < 4.78 is 5.85. The van der Waals surface area contributed by atoms with Gasteiger partial charge in [-0.2, -0.15) is 0 Å². The number of ether oxygens (including phenoxy) is 1. The summed E-state index contributed by atoms with van der Waals surface area (Å²) in [6.07, 6.45) is 5.40. The fourth-order valence-electron chi connectivity index (χ4n) is 2.10. The van der Waals surface area contributed by atoms with Gasteiger partial charge in [0.1, 0.15) is 11.6 Å². The van der Waals surface area contributed by atoms with Gasteiger partial charge in [-0.3, -0.25) is 0 Å². The molecule has 23 heavy (non-hydrogen) atoms. The van der Waals surface area contributed by atoms with E-state index in [9.17, 15) is 0 Å². The molecule has 1 N–H and O–H groups in total. The van der Waals surface area contributed by atoms with Crippen LogP contribution in [0.3, 0.4) is 0 Å². The highest BCUT2D eigenvalue weighted by Gasteiger charge is 2.06. The van der Waals surface area contributed by atoms with Crippen molar-refractivity contribution in [2.24, 2.45) is 0 Å². The Bertz CT molecular complexity index is 744. The van der Waals surface area contributed by atoms with Crippen LogP contribution < -0.4 is 10.1 Å². The van der Waals surface area contributed by atoms with Gasteiger partial charge in [-0.15, -0.1) is 0 Å². The van der Waals surface area contributed by atoms with Crippen LogP contribution >= 0.6 is 0 Å². The van der Waals surface area contributed by atoms with Crippen molar-refractivity contribution in [3.63, 3.8) is 0 Å². The van der Waals surface area contributed by atoms with Crippen LogP contribution in [0.4, 0.5) is 0 Å². The highest BCUT2D eigenvalue weighted by Crippen LogP contribution is 2.22. The van der Waals surface area contributed by atoms with Gasteiger partial charge in [-0.1, -0.05) is 24.3 Å². The minimum absolute atomic E-state index is 0.617. The zero-order valence-corrected chi connectivity index (χ0v) is 12.9. The first-order chi connectivity index (χ1) is 11.3. The van der Waals surface area contributed by atoms with Gasteiger partial charge in [0.05, 0.1) is 0 Å². The number of rotatable bonds is 6. The Kier molecular flexibility index (Phi) is 4.91. The fraction of sp³-hybridized carbons (Fsp3) is 0.167. The summed E-state index contributed by atoms with van der Waals surface area (Å²) in [6, 6.07) is 13.6. The molecule has 0 saturated heterocycles. The van der Waals surface area contributed by atoms with Crippen LogP contribution in [0.15, 0.2) is 61.1 Å². The molecule has 2 aromatic heterocycles. The number of nitrogens with one attached hydrogen (secondary N) is 1. The second-order valence-corrected chi connectivity index (χ2v) is 5.12. The monoisotopic (exact) mass is 306 g/mol. The van der Waals surface area contributed by atoms with Crippen molar-refractivity contribution in [3.8, 4) is 11.6 Å². The van der Waals surface area contributed by atoms with Gasteiger partial charge < -0.3 is 10.1 Å². The van der Waals surface area contributed by atoms with Crippen molar-refractivity contribution in [1.82, 2.24) is 20.3 Å². The Labute approximate surface area is 135 Å². The van der Waals surface area contributed by atoms with Crippen LogP contribution in [-0.4, -0.2) is 15.0 Å². The Hall–Kier alpha value is -2.79. The lowest BCUT2D eigenvalue weighted by Gasteiger charge is -2.10. The number of aryl methyl sites for hydroxylation is 1. The minimum Gasteiger partial charge on any atom is -0.439 e. The van der Waals surface area contributed by atoms with Crippen molar-refractivity contribution in [1.29, 1.82) is 0 Å². The molecule has 0 atom stereocenters. The lowest BCUT2D eigenvalue weighted by Crippen LogP contribution is -2.14. The summed E-state index contributed by atoms with van der Waals surface area (Å²) in [5, 5.41) is 3.36. The average Bonchev–Trinajstić information content (AvgIpc) is 2.59. The molecule has 0 saturated carbocycles. The van der Waals surface area contributed by atoms with Crippen LogP contribution in [0.1, 0.15) is 17.0 Å². The van der Waals surface area contributed by atoms with Gasteiger partial charge in [0.15, 0.2) is 0 Å². The number of para-hydroxylation sites is 1. The van der Waals surface area contributed by atoms with Crippen LogP contribution in [0.2, 0.25) is 0 Å². The number of benzene rings is 1. The Balaban J connectivity index is 1.62. The van der Waals surface area contributed by atoms with Crippen LogP contribution in [-0.2, 0) is 13.1 Å². The van der Waals surface area contributed by atoms with Crippen molar-refractivity contribution < 1.29 is 4.74 Å². The number of aromatic nitrogens is 3. The summed E-state index contributed by atoms with van der Waals surface area (Å²) >= 11 is 0. The van der Waals surface area contributed by atoms with E-state index in [1.54, 1.807) is 6.20 Å². The largest absolute Gasteiger partial charge is 0.439 e. The molecule has 5 nitrogen and oxygen atoms in total. The van der Waals surface area contributed by atoms with E-state index >= 15 is 0 Å². The molecule has 1 aromatic carbocycles. The first-order valence-electron chi connectivity index (χ1n) is 7.46. The number of nitrogens with zero attached hydrogens (tertiary/aromatic N) is 3. The van der Waals surface area contributed by atoms with E-state index < -0.39 is 0 Å². The predicted molar refractivity (Wildman–Crippen MR) is 88.1 cm³/mol. The fourth-order valence-corrected chi connectivity index (χ4v) is 2.10. The first-order valence-corrected chi connectivity index (χ1v) is 7.46. The molecule has 3 aromatic rings. The molecule has 0 amide bonds. The van der Waals surface area contributed by atoms with Crippen LogP contribution in [0, 0.1) is 6.92 Å². The maximum absolute atomic E-state index is 5.85. The maximum Gasteiger partial charge on any atom is 0.223 e. The van der Waals surface area contributed by atoms with E-state index in [0.29, 0.717) is 19.0 Å². The Morgan fingerprint density at radius 2 is 1.70 bits per heavy atom. The quantitative estimate of drug-likeness (QED) is 0.757. The molecule has 116 valence electrons. The third-order valence-electron chi connectivity index (χ3n) is 3.29. The Morgan fingerprint density at radius 3 is 2.48 bits per heavy atom. The molecular weight excluding hydrogens is 288 g/mol. The van der Waals surface area contributed by atoms with Crippen LogP contribution in [0.5, 0.6) is 11.6 Å². The first kappa shape index (κ1) is 15.1. The van der Waals surface area contributed by atoms with Crippen LogP contribution in [0.25, 0.3) is 0 Å². The zero-order chi connectivity index (χ0) is 15.9. The molecule has 0 aliphatic rings. The molecule has 0 aliphatic carbocycles. The second-order valence-electron chi connectivity index (χ2n) is 5.12. The summed E-state index contributed by atoms with van der Waals surface area (Å²) in [5.41, 5.74) is 2.05. The van der Waals surface area contributed by atoms with Gasteiger partial charge in [0, 0.05) is 42.8 Å². The van der Waals surface area contributed by atoms with Crippen molar-refractivity contribution in [3.05, 3.63) is 78.0 Å². The highest BCUT2D eigenvalue weighted by atomic mass is 16.5. The van der Waals surface area contributed by atoms with Gasteiger partial charge >= 0.3 is 0 Å². The third-order valence-corrected chi connectivity index (χ3v) is 3.29. The molecule has 0 aliphatic heterocycles. The van der Waals surface area contributed by atoms with E-state index in [1.165, 1.54) is 0 Å². The lowest BCUT2D eigenvalue weighted by atomic mass is 10.2. The molecule has 0 spiro atoms. The lowest BCUT2D eigenvalue weighted by molar-refractivity contribution is 0.452. The second kappa shape index (κ2) is 7.47. The summed E-state index contributed by atoms with van der Waals surface area (Å²) in [5.74, 6) is 2.17. The smallest absolute Gasteiger partial charge is 0.223 e. The SMILES string of the molecule is Cc1ncc(CNCc2cccnc2Oc2ccccc2)cn1. The summed E-state index contributed by atoms with van der Waals surface area (Å²) in [4.78, 5) is 12.7. The number of pyridine rings is 1. The van der Waals surface area contributed by atoms with E-state index in [1.807, 2.05) is 61.8 Å². The van der Waals surface area contributed by atoms with Gasteiger partial charge in [0.2, 0.25) is 5.88 Å². The molecule has 3 rings (SSSR count). The van der Waals surface area contributed by atoms with E-state index in [0.717, 1.165) is 22.7 Å². The summed E-state index contributed by atoms with van der Waals surface area (Å²) in [7, 11) is 0. The van der Waals surface area contributed by atoms with Crippen molar-refractivity contribution in [2.45, 2.75) is 20.0 Å². The highest BCUT2D eigenvalue weighted by molar-refractivity contribution is 5.32. The van der Waals surface area contributed by atoms with Gasteiger partial charge in [0.25, 0.3) is 0 Å². The standard InChI is InChI=1S/C18H18N4O/c1-14-21-11-15(12-22-14)10-19-13-16-6-5-9-20-18(16)23-17-7-3-2-4-8-17/h2-9,11-12,19H,10,13H2,1H3. The number of hydrogen-bond acceptors (Lipinski definition) is 5. The molecule has 0 unspecified atom stereocenters. The van der Waals surface area contributed by atoms with Gasteiger partial charge in [-0.25, -0.2) is 15.0 Å². The molecule has 0 fully saturated rings. The number of hydrogen-bond donors (Lipinski definition) is 1. The molecular formula is C18H18N4O. The Morgan fingerprint density at radius 1 is 0.913 bits per heavy atom. The molecule has 2 heterocycles. The van der Waals surface area contributed by atoms with Crippen molar-refractivity contribution in [2.75, 3.05) is 0 Å². The molecule has 0 radical (unpaired) electrons. The summed E-state index contributed by atoms with van der Waals surface area (Å²) in [6.45, 7) is 3.23. The van der Waals surface area contributed by atoms with E-state index in [4.69, 9.17) is 4.74 Å².